The monoisotopic (exact) mass is 493 g/mol. The number of likely N-dealkylation sites (N-methyl/N-ethyl adjacent to an activating group) is 1. The van der Waals surface area contributed by atoms with Crippen molar-refractivity contribution in [2.75, 3.05) is 27.7 Å². The van der Waals surface area contributed by atoms with Gasteiger partial charge in [0.1, 0.15) is 5.78 Å². The summed E-state index contributed by atoms with van der Waals surface area (Å²) in [6.07, 6.45) is 9.35. The van der Waals surface area contributed by atoms with Crippen molar-refractivity contribution in [2.45, 2.75) is 66.2 Å². The van der Waals surface area contributed by atoms with E-state index in [4.69, 9.17) is 4.74 Å². The fraction of sp³-hybridized carbons (Fsp3) is 0.577. The third-order valence-corrected chi connectivity index (χ3v) is 6.39. The molecule has 31 heavy (non-hydrogen) atoms. The maximum Gasteiger partial charge on any atom is 0.174 e. The lowest BCUT2D eigenvalue weighted by atomic mass is 9.94. The van der Waals surface area contributed by atoms with Crippen LogP contribution in [-0.4, -0.2) is 43.5 Å². The summed E-state index contributed by atoms with van der Waals surface area (Å²) in [6, 6.07) is 1.82. The van der Waals surface area contributed by atoms with Crippen LogP contribution in [0.4, 0.5) is 0 Å². The van der Waals surface area contributed by atoms with Gasteiger partial charge in [-0.2, -0.15) is 0 Å². The van der Waals surface area contributed by atoms with E-state index in [1.165, 1.54) is 16.7 Å². The maximum atomic E-state index is 12.2. The number of carbonyl (C=O) groups is 1. The largest absolute Gasteiger partial charge is 0.504 e. The first-order valence-corrected chi connectivity index (χ1v) is 11.9. The van der Waals surface area contributed by atoms with Gasteiger partial charge < -0.3 is 14.7 Å². The van der Waals surface area contributed by atoms with E-state index in [0.29, 0.717) is 18.0 Å². The Morgan fingerprint density at radius 1 is 1.26 bits per heavy atom. The topological polar surface area (TPSA) is 49.8 Å². The standard InChI is InChI=1S/C26H40BrNO3/c1-18(2)11-14-23(29)20(4)10-8-9-19(3)12-13-21-17-24(30)26(31-7)25(27)22(21)15-16-28(5)6/h11-12,17,20,30H,8-10,13-16H2,1-7H3. The van der Waals surface area contributed by atoms with Crippen LogP contribution in [0.5, 0.6) is 11.5 Å². The molecule has 0 aromatic heterocycles. The molecule has 4 nitrogen and oxygen atoms in total. The van der Waals surface area contributed by atoms with Gasteiger partial charge in [0.05, 0.1) is 11.6 Å². The minimum absolute atomic E-state index is 0.107. The summed E-state index contributed by atoms with van der Waals surface area (Å²) in [5.41, 5.74) is 4.79. The van der Waals surface area contributed by atoms with Crippen LogP contribution in [0, 0.1) is 5.92 Å². The number of ketones is 1. The second kappa shape index (κ2) is 13.7. The van der Waals surface area contributed by atoms with Crippen molar-refractivity contribution in [2.24, 2.45) is 5.92 Å². The van der Waals surface area contributed by atoms with Crippen LogP contribution in [-0.2, 0) is 17.6 Å². The summed E-state index contributed by atoms with van der Waals surface area (Å²) in [6.45, 7) is 9.15. The van der Waals surface area contributed by atoms with E-state index in [1.807, 2.05) is 32.9 Å². The Hall–Kier alpha value is -1.59. The van der Waals surface area contributed by atoms with E-state index in [1.54, 1.807) is 7.11 Å². The highest BCUT2D eigenvalue weighted by Crippen LogP contribution is 2.39. The molecule has 1 aromatic rings. The number of aromatic hydroxyl groups is 1. The molecule has 0 fully saturated rings. The summed E-state index contributed by atoms with van der Waals surface area (Å²) in [4.78, 5) is 14.3. The van der Waals surface area contributed by atoms with Crippen LogP contribution < -0.4 is 4.74 Å². The zero-order valence-corrected chi connectivity index (χ0v) is 21.9. The van der Waals surface area contributed by atoms with Gasteiger partial charge in [-0.3, -0.25) is 4.79 Å². The minimum atomic E-state index is 0.107. The average Bonchev–Trinajstić information content (AvgIpc) is 2.69. The van der Waals surface area contributed by atoms with Crippen LogP contribution >= 0.6 is 15.9 Å². The molecular formula is C26H40BrNO3. The number of benzene rings is 1. The molecule has 0 saturated heterocycles. The first kappa shape index (κ1) is 27.4. The van der Waals surface area contributed by atoms with E-state index in [0.717, 1.165) is 48.7 Å². The Morgan fingerprint density at radius 3 is 2.52 bits per heavy atom. The molecule has 1 aromatic carbocycles. The predicted octanol–water partition coefficient (Wildman–Crippen LogP) is 6.49. The van der Waals surface area contributed by atoms with Gasteiger partial charge in [0.2, 0.25) is 0 Å². The van der Waals surface area contributed by atoms with Gasteiger partial charge in [-0.25, -0.2) is 0 Å². The van der Waals surface area contributed by atoms with Gasteiger partial charge in [0.15, 0.2) is 11.5 Å². The molecule has 174 valence electrons. The molecule has 1 N–H and O–H groups in total. The Labute approximate surface area is 197 Å². The Morgan fingerprint density at radius 2 is 1.94 bits per heavy atom. The molecule has 0 heterocycles. The molecule has 0 radical (unpaired) electrons. The lowest BCUT2D eigenvalue weighted by Gasteiger charge is -2.17. The second-order valence-corrected chi connectivity index (χ2v) is 9.73. The Balaban J connectivity index is 2.76. The van der Waals surface area contributed by atoms with Crippen molar-refractivity contribution < 1.29 is 14.6 Å². The first-order valence-electron chi connectivity index (χ1n) is 11.1. The van der Waals surface area contributed by atoms with Crippen molar-refractivity contribution in [1.82, 2.24) is 4.90 Å². The van der Waals surface area contributed by atoms with Crippen molar-refractivity contribution in [3.8, 4) is 11.5 Å². The smallest absolute Gasteiger partial charge is 0.174 e. The highest BCUT2D eigenvalue weighted by atomic mass is 79.9. The molecule has 0 saturated carbocycles. The fourth-order valence-electron chi connectivity index (χ4n) is 3.43. The predicted molar refractivity (Wildman–Crippen MR) is 134 cm³/mol. The van der Waals surface area contributed by atoms with E-state index in [2.05, 4.69) is 47.9 Å². The molecule has 1 rings (SSSR count). The number of halogens is 1. The fourth-order valence-corrected chi connectivity index (χ4v) is 4.25. The van der Waals surface area contributed by atoms with E-state index < -0.39 is 0 Å². The third-order valence-electron chi connectivity index (χ3n) is 5.55. The minimum Gasteiger partial charge on any atom is -0.504 e. The van der Waals surface area contributed by atoms with E-state index in [-0.39, 0.29) is 11.7 Å². The number of ether oxygens (including phenoxy) is 1. The summed E-state index contributed by atoms with van der Waals surface area (Å²) >= 11 is 3.63. The zero-order chi connectivity index (χ0) is 23.6. The number of phenols is 1. The Bertz CT molecular complexity index is 792. The molecule has 0 bridgehead atoms. The van der Waals surface area contributed by atoms with Gasteiger partial charge in [-0.1, -0.05) is 30.2 Å². The zero-order valence-electron chi connectivity index (χ0n) is 20.3. The average molecular weight is 495 g/mol. The number of phenolic OH excluding ortho intramolecular Hbond substituents is 1. The van der Waals surface area contributed by atoms with Crippen LogP contribution in [0.2, 0.25) is 0 Å². The van der Waals surface area contributed by atoms with Gasteiger partial charge in [-0.15, -0.1) is 0 Å². The van der Waals surface area contributed by atoms with Crippen LogP contribution in [0.15, 0.2) is 33.8 Å². The van der Waals surface area contributed by atoms with Crippen molar-refractivity contribution in [3.05, 3.63) is 45.0 Å². The molecule has 0 aliphatic rings. The molecule has 0 aliphatic carbocycles. The molecule has 1 unspecified atom stereocenters. The number of hydrogen-bond donors (Lipinski definition) is 1. The van der Waals surface area contributed by atoms with Crippen LogP contribution in [0.3, 0.4) is 0 Å². The molecule has 0 aliphatic heterocycles. The first-order chi connectivity index (χ1) is 14.6. The number of rotatable bonds is 13. The third kappa shape index (κ3) is 9.61. The van der Waals surface area contributed by atoms with E-state index >= 15 is 0 Å². The normalized spacial score (nSPS) is 12.7. The van der Waals surface area contributed by atoms with Crippen molar-refractivity contribution in [1.29, 1.82) is 0 Å². The molecule has 1 atom stereocenters. The number of carbonyl (C=O) groups excluding carboxylic acids is 1. The summed E-state index contributed by atoms with van der Waals surface area (Å²) in [7, 11) is 5.69. The van der Waals surface area contributed by atoms with Gasteiger partial charge in [-0.05, 0) is 100 Å². The van der Waals surface area contributed by atoms with Crippen LogP contribution in [0.1, 0.15) is 64.5 Å². The quantitative estimate of drug-likeness (QED) is 0.319. The lowest BCUT2D eigenvalue weighted by Crippen LogP contribution is -2.16. The second-order valence-electron chi connectivity index (χ2n) is 8.93. The van der Waals surface area contributed by atoms with Crippen molar-refractivity contribution >= 4 is 21.7 Å². The molecule has 5 heteroatoms. The Kier molecular flexibility index (Phi) is 12.2. The van der Waals surface area contributed by atoms with E-state index in [9.17, 15) is 9.90 Å². The van der Waals surface area contributed by atoms with Crippen molar-refractivity contribution in [3.63, 3.8) is 0 Å². The highest BCUT2D eigenvalue weighted by molar-refractivity contribution is 9.10. The van der Waals surface area contributed by atoms with Gasteiger partial charge in [0, 0.05) is 18.9 Å². The number of methoxy groups -OCH3 is 1. The lowest BCUT2D eigenvalue weighted by molar-refractivity contribution is -0.121. The maximum absolute atomic E-state index is 12.2. The van der Waals surface area contributed by atoms with Gasteiger partial charge >= 0.3 is 0 Å². The highest BCUT2D eigenvalue weighted by Gasteiger charge is 2.17. The number of allylic oxidation sites excluding steroid dienone is 4. The molecule has 0 amide bonds. The number of hydrogen-bond acceptors (Lipinski definition) is 4. The summed E-state index contributed by atoms with van der Waals surface area (Å²) in [5, 5.41) is 10.3. The number of nitrogens with zero attached hydrogens (tertiary/aromatic N) is 1. The molecular weight excluding hydrogens is 454 g/mol. The number of Topliss-reactive ketones (excluding diaryl/α,β-unsaturated/α-hetero) is 1. The van der Waals surface area contributed by atoms with Gasteiger partial charge in [0.25, 0.3) is 0 Å². The summed E-state index contributed by atoms with van der Waals surface area (Å²) < 4.78 is 6.21. The molecule has 0 spiro atoms. The SMILES string of the molecule is COc1c(O)cc(CC=C(C)CCCC(C)C(=O)CC=C(C)C)c(CCN(C)C)c1Br. The van der Waals surface area contributed by atoms with Crippen LogP contribution in [0.25, 0.3) is 0 Å². The summed E-state index contributed by atoms with van der Waals surface area (Å²) in [5.74, 6) is 1.08.